The number of amides is 2. The second-order valence-corrected chi connectivity index (χ2v) is 6.90. The van der Waals surface area contributed by atoms with Gasteiger partial charge in [-0.15, -0.1) is 0 Å². The third-order valence-electron chi connectivity index (χ3n) is 5.06. The fourth-order valence-electron chi connectivity index (χ4n) is 3.83. The molecule has 1 saturated heterocycles. The van der Waals surface area contributed by atoms with E-state index in [1.807, 2.05) is 32.0 Å². The number of hydrogen-bond donors (Lipinski definition) is 1. The first-order chi connectivity index (χ1) is 12.4. The smallest absolute Gasteiger partial charge is 0.325 e. The van der Waals surface area contributed by atoms with Crippen molar-refractivity contribution in [3.8, 4) is 17.2 Å². The van der Waals surface area contributed by atoms with Gasteiger partial charge < -0.3 is 19.5 Å². The highest BCUT2D eigenvalue weighted by Crippen LogP contribution is 2.47. The van der Waals surface area contributed by atoms with E-state index in [2.05, 4.69) is 11.4 Å². The molecule has 2 aliphatic rings. The third-order valence-corrected chi connectivity index (χ3v) is 5.06. The van der Waals surface area contributed by atoms with Crippen LogP contribution in [-0.4, -0.2) is 26.0 Å². The molecule has 26 heavy (non-hydrogen) atoms. The largest absolute Gasteiger partial charge is 0.497 e. The van der Waals surface area contributed by atoms with Crippen LogP contribution in [0.25, 0.3) is 0 Å². The van der Waals surface area contributed by atoms with Gasteiger partial charge in [-0.25, -0.2) is 4.79 Å². The van der Waals surface area contributed by atoms with Crippen LogP contribution in [0.1, 0.15) is 30.5 Å². The maximum Gasteiger partial charge on any atom is 0.325 e. The minimum Gasteiger partial charge on any atom is -0.497 e. The Morgan fingerprint density at radius 2 is 2.00 bits per heavy atom. The molecule has 1 unspecified atom stereocenters. The van der Waals surface area contributed by atoms with Gasteiger partial charge in [0.05, 0.1) is 25.9 Å². The molecule has 0 aliphatic carbocycles. The lowest BCUT2D eigenvalue weighted by Crippen LogP contribution is -2.65. The zero-order valence-electron chi connectivity index (χ0n) is 15.3. The van der Waals surface area contributed by atoms with Crippen molar-refractivity contribution >= 4 is 11.7 Å². The van der Waals surface area contributed by atoms with E-state index in [9.17, 15) is 4.79 Å². The number of aryl methyl sites for hydroxylation is 1. The van der Waals surface area contributed by atoms with E-state index in [0.717, 1.165) is 16.9 Å². The molecule has 1 fully saturated rings. The molecule has 2 atom stereocenters. The van der Waals surface area contributed by atoms with Crippen LogP contribution >= 0.6 is 0 Å². The maximum absolute atomic E-state index is 13.0. The third kappa shape index (κ3) is 2.44. The van der Waals surface area contributed by atoms with Crippen LogP contribution in [0.3, 0.4) is 0 Å². The summed E-state index contributed by atoms with van der Waals surface area (Å²) in [5, 5.41) is 3.11. The molecule has 6 nitrogen and oxygen atoms in total. The molecule has 136 valence electrons. The summed E-state index contributed by atoms with van der Waals surface area (Å²) < 4.78 is 17.1. The van der Waals surface area contributed by atoms with Crippen molar-refractivity contribution in [2.75, 3.05) is 19.1 Å². The van der Waals surface area contributed by atoms with Gasteiger partial charge in [0, 0.05) is 18.1 Å². The molecular formula is C20H22N2O4. The minimum atomic E-state index is -0.808. The number of carbonyl (C=O) groups excluding carboxylic acids is 1. The zero-order valence-corrected chi connectivity index (χ0v) is 15.3. The van der Waals surface area contributed by atoms with Crippen molar-refractivity contribution in [3.63, 3.8) is 0 Å². The first kappa shape index (κ1) is 16.6. The van der Waals surface area contributed by atoms with Gasteiger partial charge in [0.2, 0.25) is 0 Å². The van der Waals surface area contributed by atoms with Gasteiger partial charge in [0.25, 0.3) is 0 Å². The number of nitrogens with zero attached hydrogens (tertiary/aromatic N) is 1. The highest BCUT2D eigenvalue weighted by atomic mass is 16.5. The van der Waals surface area contributed by atoms with Crippen molar-refractivity contribution in [2.45, 2.75) is 32.0 Å². The lowest BCUT2D eigenvalue weighted by Gasteiger charge is -2.50. The Morgan fingerprint density at radius 3 is 2.73 bits per heavy atom. The molecule has 2 amide bonds. The first-order valence-corrected chi connectivity index (χ1v) is 8.57. The van der Waals surface area contributed by atoms with Gasteiger partial charge in [-0.2, -0.15) is 0 Å². The Morgan fingerprint density at radius 1 is 1.19 bits per heavy atom. The number of benzene rings is 2. The highest BCUT2D eigenvalue weighted by Gasteiger charge is 2.50. The molecule has 2 aromatic rings. The molecule has 0 saturated carbocycles. The van der Waals surface area contributed by atoms with Crippen molar-refractivity contribution in [1.82, 2.24) is 5.32 Å². The van der Waals surface area contributed by atoms with Gasteiger partial charge >= 0.3 is 6.03 Å². The van der Waals surface area contributed by atoms with Crippen molar-refractivity contribution in [3.05, 3.63) is 47.5 Å². The predicted molar refractivity (Wildman–Crippen MR) is 98.1 cm³/mol. The fourth-order valence-corrected chi connectivity index (χ4v) is 3.83. The Hall–Kier alpha value is -2.89. The molecule has 2 heterocycles. The second kappa shape index (κ2) is 5.83. The summed E-state index contributed by atoms with van der Waals surface area (Å²) in [6.07, 6.45) is 0.643. The topological polar surface area (TPSA) is 60.0 Å². The lowest BCUT2D eigenvalue weighted by atomic mass is 9.89. The lowest BCUT2D eigenvalue weighted by molar-refractivity contribution is 0.0374. The quantitative estimate of drug-likeness (QED) is 0.911. The van der Waals surface area contributed by atoms with Crippen molar-refractivity contribution < 1.29 is 19.0 Å². The Bertz CT molecular complexity index is 882. The summed E-state index contributed by atoms with van der Waals surface area (Å²) in [5.41, 5.74) is 2.00. The first-order valence-electron chi connectivity index (χ1n) is 8.57. The Kier molecular flexibility index (Phi) is 3.72. The van der Waals surface area contributed by atoms with Gasteiger partial charge in [-0.05, 0) is 32.0 Å². The van der Waals surface area contributed by atoms with E-state index in [1.165, 1.54) is 0 Å². The maximum atomic E-state index is 13.0. The predicted octanol–water partition coefficient (Wildman–Crippen LogP) is 3.78. The molecule has 1 N–H and O–H groups in total. The summed E-state index contributed by atoms with van der Waals surface area (Å²) in [6, 6.07) is 11.2. The number of anilines is 1. The SMILES string of the molecule is COc1ccc(N2C(=O)NC3C[C@]2(C)Oc2ccc(C)cc23)c(OC)c1. The van der Waals surface area contributed by atoms with Crippen LogP contribution in [-0.2, 0) is 0 Å². The standard InChI is InChI=1S/C20H22N2O4/c1-12-5-8-17-14(9-12)15-11-20(2,26-17)22(19(23)21-15)16-7-6-13(24-3)10-18(16)25-4/h5-10,15H,11H2,1-4H3,(H,21,23)/t15?,20-/m0/s1. The molecule has 0 spiro atoms. The number of rotatable bonds is 3. The molecule has 2 aliphatic heterocycles. The van der Waals surface area contributed by atoms with Gasteiger partial charge in [0.1, 0.15) is 17.2 Å². The zero-order chi connectivity index (χ0) is 18.5. The van der Waals surface area contributed by atoms with Crippen LogP contribution in [0.2, 0.25) is 0 Å². The molecule has 2 aromatic carbocycles. The van der Waals surface area contributed by atoms with E-state index in [0.29, 0.717) is 23.6 Å². The van der Waals surface area contributed by atoms with Gasteiger partial charge in [-0.3, -0.25) is 4.90 Å². The van der Waals surface area contributed by atoms with E-state index < -0.39 is 5.72 Å². The average Bonchev–Trinajstić information content (AvgIpc) is 2.62. The van der Waals surface area contributed by atoms with Gasteiger partial charge in [0.15, 0.2) is 5.72 Å². The number of methoxy groups -OCH3 is 2. The molecule has 0 aromatic heterocycles. The van der Waals surface area contributed by atoms with E-state index in [-0.39, 0.29) is 12.1 Å². The normalized spacial score (nSPS) is 23.6. The monoisotopic (exact) mass is 354 g/mol. The summed E-state index contributed by atoms with van der Waals surface area (Å²) >= 11 is 0. The Balaban J connectivity index is 1.80. The number of carbonyl (C=O) groups is 1. The second-order valence-electron chi connectivity index (χ2n) is 6.90. The van der Waals surface area contributed by atoms with Crippen LogP contribution in [0.4, 0.5) is 10.5 Å². The van der Waals surface area contributed by atoms with Crippen molar-refractivity contribution in [2.24, 2.45) is 0 Å². The highest BCUT2D eigenvalue weighted by molar-refractivity contribution is 5.96. The molecule has 4 rings (SSSR count). The molecule has 0 radical (unpaired) electrons. The summed E-state index contributed by atoms with van der Waals surface area (Å²) in [7, 11) is 3.17. The van der Waals surface area contributed by atoms with Crippen LogP contribution in [0.5, 0.6) is 17.2 Å². The van der Waals surface area contributed by atoms with Crippen molar-refractivity contribution in [1.29, 1.82) is 0 Å². The number of hydrogen-bond acceptors (Lipinski definition) is 4. The van der Waals surface area contributed by atoms with E-state index >= 15 is 0 Å². The number of fused-ring (bicyclic) bond motifs is 4. The minimum absolute atomic E-state index is 0.0726. The number of nitrogens with one attached hydrogen (secondary N) is 1. The summed E-state index contributed by atoms with van der Waals surface area (Å²) in [4.78, 5) is 14.6. The fraction of sp³-hybridized carbons (Fsp3) is 0.350. The van der Waals surface area contributed by atoms with E-state index in [1.54, 1.807) is 31.3 Å². The average molecular weight is 354 g/mol. The van der Waals surface area contributed by atoms with Gasteiger partial charge in [-0.1, -0.05) is 17.7 Å². The molecule has 6 heteroatoms. The van der Waals surface area contributed by atoms with Crippen LogP contribution in [0, 0.1) is 6.92 Å². The summed E-state index contributed by atoms with van der Waals surface area (Å²) in [5.74, 6) is 2.01. The molecule has 2 bridgehead atoms. The van der Waals surface area contributed by atoms with Crippen LogP contribution < -0.4 is 24.4 Å². The van der Waals surface area contributed by atoms with Crippen LogP contribution in [0.15, 0.2) is 36.4 Å². The van der Waals surface area contributed by atoms with E-state index in [4.69, 9.17) is 14.2 Å². The summed E-state index contributed by atoms with van der Waals surface area (Å²) in [6.45, 7) is 3.97. The molecular weight excluding hydrogens is 332 g/mol. The number of urea groups is 1. The number of ether oxygens (including phenoxy) is 3. The Labute approximate surface area is 152 Å².